The summed E-state index contributed by atoms with van der Waals surface area (Å²) in [5.41, 5.74) is 3.16. The van der Waals surface area contributed by atoms with Gasteiger partial charge in [0.1, 0.15) is 18.3 Å². The lowest BCUT2D eigenvalue weighted by atomic mass is 9.61. The summed E-state index contributed by atoms with van der Waals surface area (Å²) >= 11 is 0. The van der Waals surface area contributed by atoms with E-state index in [1.165, 1.54) is 0 Å². The minimum atomic E-state index is -0.778. The Labute approximate surface area is 175 Å². The molecular formula is C21H17B3O6. The molecule has 0 saturated carbocycles. The first-order valence-electron chi connectivity index (χ1n) is 9.41. The van der Waals surface area contributed by atoms with Crippen molar-refractivity contribution in [3.05, 3.63) is 83.9 Å². The fourth-order valence-corrected chi connectivity index (χ4v) is 3.25. The molecule has 3 aromatic rings. The average Bonchev–Trinajstić information content (AvgIpc) is 2.83. The minimum absolute atomic E-state index is 0.517. The Morgan fingerprint density at radius 1 is 0.667 bits per heavy atom. The Morgan fingerprint density at radius 3 is 1.53 bits per heavy atom. The fourth-order valence-electron chi connectivity index (χ4n) is 3.25. The van der Waals surface area contributed by atoms with Gasteiger partial charge in [-0.2, -0.15) is 0 Å². The quantitative estimate of drug-likeness (QED) is 0.454. The van der Waals surface area contributed by atoms with Crippen molar-refractivity contribution in [3.8, 4) is 5.75 Å². The van der Waals surface area contributed by atoms with Crippen molar-refractivity contribution >= 4 is 50.3 Å². The molecule has 0 unspecified atom stereocenters. The van der Waals surface area contributed by atoms with Crippen molar-refractivity contribution in [2.75, 3.05) is 7.11 Å². The molecule has 0 aromatic heterocycles. The van der Waals surface area contributed by atoms with Crippen LogP contribution >= 0.6 is 0 Å². The Balaban J connectivity index is 1.71. The number of ether oxygens (including phenoxy) is 1. The number of carbonyl (C=O) groups is 2. The molecule has 1 heterocycles. The normalized spacial score (nSPS) is 13.8. The zero-order chi connectivity index (χ0) is 20.9. The highest BCUT2D eigenvalue weighted by molar-refractivity contribution is 6.87. The van der Waals surface area contributed by atoms with E-state index >= 15 is 0 Å². The third-order valence-electron chi connectivity index (χ3n) is 4.75. The predicted molar refractivity (Wildman–Crippen MR) is 116 cm³/mol. The van der Waals surface area contributed by atoms with Gasteiger partial charge in [0.2, 0.25) is 0 Å². The van der Waals surface area contributed by atoms with Gasteiger partial charge in [-0.3, -0.25) is 9.59 Å². The molecule has 1 fully saturated rings. The van der Waals surface area contributed by atoms with Crippen molar-refractivity contribution < 1.29 is 28.0 Å². The van der Waals surface area contributed by atoms with Crippen molar-refractivity contribution in [1.82, 2.24) is 0 Å². The maximum atomic E-state index is 11.2. The molecule has 30 heavy (non-hydrogen) atoms. The van der Waals surface area contributed by atoms with Crippen LogP contribution in [0.5, 0.6) is 5.75 Å². The Bertz CT molecular complexity index is 1000. The molecule has 1 saturated heterocycles. The van der Waals surface area contributed by atoms with E-state index in [1.54, 1.807) is 43.5 Å². The molecule has 0 atom stereocenters. The van der Waals surface area contributed by atoms with Gasteiger partial charge < -0.3 is 18.5 Å². The molecule has 0 N–H and O–H groups in total. The SMILES string of the molecule is COc1cccc(B2OB(c3cccc(C=O)c3)OB(c3cccc(C=O)c3)O2)c1. The van der Waals surface area contributed by atoms with E-state index in [-0.39, 0.29) is 0 Å². The summed E-state index contributed by atoms with van der Waals surface area (Å²) in [5, 5.41) is 0. The van der Waals surface area contributed by atoms with Crippen LogP contribution in [0.15, 0.2) is 72.8 Å². The molecular weight excluding hydrogens is 381 g/mol. The Morgan fingerprint density at radius 2 is 1.10 bits per heavy atom. The van der Waals surface area contributed by atoms with Crippen LogP contribution in [0.4, 0.5) is 0 Å². The van der Waals surface area contributed by atoms with Crippen molar-refractivity contribution in [3.63, 3.8) is 0 Å². The standard InChI is InChI=1S/C21H17B3O6/c1-27-21-10-4-9-20(13-21)24-29-22(18-7-2-5-16(11-18)14-25)28-23(30-24)19-8-3-6-17(12-19)15-26/h2-15H,1H3. The lowest BCUT2D eigenvalue weighted by Crippen LogP contribution is -2.61. The molecule has 0 spiro atoms. The second kappa shape index (κ2) is 9.13. The molecule has 9 heteroatoms. The predicted octanol–water partition coefficient (Wildman–Crippen LogP) is 0.870. The molecule has 1 aliphatic rings. The highest BCUT2D eigenvalue weighted by Crippen LogP contribution is 2.13. The number of carbonyl (C=O) groups excluding carboxylic acids is 2. The van der Waals surface area contributed by atoms with Crippen LogP contribution in [0, 0.1) is 0 Å². The summed E-state index contributed by atoms with van der Waals surface area (Å²) in [6.07, 6.45) is 1.54. The van der Waals surface area contributed by atoms with Crippen molar-refractivity contribution in [1.29, 1.82) is 0 Å². The maximum absolute atomic E-state index is 11.2. The van der Waals surface area contributed by atoms with Crippen LogP contribution in [-0.2, 0) is 13.7 Å². The average molecular weight is 398 g/mol. The lowest BCUT2D eigenvalue weighted by molar-refractivity contribution is 0.111. The zero-order valence-electron chi connectivity index (χ0n) is 16.3. The van der Waals surface area contributed by atoms with Gasteiger partial charge in [0, 0.05) is 11.1 Å². The molecule has 4 rings (SSSR count). The van der Waals surface area contributed by atoms with Crippen LogP contribution in [0.3, 0.4) is 0 Å². The summed E-state index contributed by atoms with van der Waals surface area (Å²) in [6.45, 7) is 0. The first-order chi connectivity index (χ1) is 14.7. The van der Waals surface area contributed by atoms with Gasteiger partial charge in [-0.05, 0) is 28.5 Å². The second-order valence-electron chi connectivity index (χ2n) is 6.76. The summed E-state index contributed by atoms with van der Waals surface area (Å²) in [6, 6.07) is 21.4. The van der Waals surface area contributed by atoms with Gasteiger partial charge in [-0.15, -0.1) is 0 Å². The van der Waals surface area contributed by atoms with E-state index in [2.05, 4.69) is 0 Å². The van der Waals surface area contributed by atoms with Crippen molar-refractivity contribution in [2.45, 2.75) is 0 Å². The summed E-state index contributed by atoms with van der Waals surface area (Å²) in [4.78, 5) is 22.4. The van der Waals surface area contributed by atoms with E-state index in [0.29, 0.717) is 27.8 Å². The maximum Gasteiger partial charge on any atom is 0.467 e. The summed E-state index contributed by atoms with van der Waals surface area (Å²) < 4.78 is 23.5. The smallest absolute Gasteiger partial charge is 0.467 e. The first-order valence-corrected chi connectivity index (χ1v) is 9.41. The highest BCUT2D eigenvalue weighted by Gasteiger charge is 2.43. The Kier molecular flexibility index (Phi) is 6.14. The van der Waals surface area contributed by atoms with Crippen LogP contribution in [0.25, 0.3) is 0 Å². The van der Waals surface area contributed by atoms with Crippen LogP contribution < -0.4 is 21.1 Å². The molecule has 146 valence electrons. The van der Waals surface area contributed by atoms with E-state index in [9.17, 15) is 9.59 Å². The molecule has 0 bridgehead atoms. The van der Waals surface area contributed by atoms with Crippen molar-refractivity contribution in [2.24, 2.45) is 0 Å². The molecule has 3 aromatic carbocycles. The van der Waals surface area contributed by atoms with Gasteiger partial charge in [0.15, 0.2) is 0 Å². The van der Waals surface area contributed by atoms with E-state index < -0.39 is 21.4 Å². The molecule has 0 amide bonds. The third-order valence-corrected chi connectivity index (χ3v) is 4.75. The van der Waals surface area contributed by atoms with Crippen LogP contribution in [-0.4, -0.2) is 41.0 Å². The number of benzene rings is 3. The molecule has 1 aliphatic heterocycles. The van der Waals surface area contributed by atoms with Crippen LogP contribution in [0.2, 0.25) is 0 Å². The molecule has 6 nitrogen and oxygen atoms in total. The van der Waals surface area contributed by atoms with E-state index in [0.717, 1.165) is 18.0 Å². The zero-order valence-corrected chi connectivity index (χ0v) is 16.3. The first kappa shape index (κ1) is 20.2. The van der Waals surface area contributed by atoms with E-state index in [1.807, 2.05) is 36.4 Å². The number of hydrogen-bond acceptors (Lipinski definition) is 6. The number of aldehydes is 2. The monoisotopic (exact) mass is 398 g/mol. The lowest BCUT2D eigenvalue weighted by Gasteiger charge is -2.31. The van der Waals surface area contributed by atoms with Gasteiger partial charge in [-0.1, -0.05) is 60.7 Å². The summed E-state index contributed by atoms with van der Waals surface area (Å²) in [7, 11) is -0.713. The van der Waals surface area contributed by atoms with Crippen LogP contribution in [0.1, 0.15) is 20.7 Å². The van der Waals surface area contributed by atoms with Gasteiger partial charge in [-0.25, -0.2) is 0 Å². The largest absolute Gasteiger partial charge is 0.497 e. The Hall–Kier alpha value is -3.13. The molecule has 0 radical (unpaired) electrons. The minimum Gasteiger partial charge on any atom is -0.497 e. The van der Waals surface area contributed by atoms with Gasteiger partial charge in [0.25, 0.3) is 0 Å². The topological polar surface area (TPSA) is 71.1 Å². The van der Waals surface area contributed by atoms with E-state index in [4.69, 9.17) is 18.5 Å². The van der Waals surface area contributed by atoms with Gasteiger partial charge in [0.05, 0.1) is 7.11 Å². The number of rotatable bonds is 6. The number of hydrogen-bond donors (Lipinski definition) is 0. The fraction of sp³-hybridized carbons (Fsp3) is 0.0476. The second-order valence-corrected chi connectivity index (χ2v) is 6.76. The van der Waals surface area contributed by atoms with Gasteiger partial charge >= 0.3 is 21.4 Å². The highest BCUT2D eigenvalue weighted by atomic mass is 16.7. The summed E-state index contributed by atoms with van der Waals surface area (Å²) in [5.74, 6) is 0.671. The third kappa shape index (κ3) is 4.38. The number of methoxy groups -OCH3 is 1. The molecule has 0 aliphatic carbocycles.